The highest BCUT2D eigenvalue weighted by Gasteiger charge is 2.26. The summed E-state index contributed by atoms with van der Waals surface area (Å²) in [5.41, 5.74) is 6.38. The molecule has 1 atom stereocenters. The van der Waals surface area contributed by atoms with E-state index in [9.17, 15) is 0 Å². The van der Waals surface area contributed by atoms with Crippen molar-refractivity contribution < 1.29 is 4.74 Å². The van der Waals surface area contributed by atoms with Crippen molar-refractivity contribution in [3.8, 4) is 5.75 Å². The second-order valence-electron chi connectivity index (χ2n) is 8.21. The van der Waals surface area contributed by atoms with Crippen LogP contribution >= 0.6 is 0 Å². The maximum atomic E-state index is 5.51. The quantitative estimate of drug-likeness (QED) is 0.653. The highest BCUT2D eigenvalue weighted by atomic mass is 16.5. The summed E-state index contributed by atoms with van der Waals surface area (Å²) in [5.74, 6) is 0.893. The zero-order valence-electron chi connectivity index (χ0n) is 17.2. The highest BCUT2D eigenvalue weighted by molar-refractivity contribution is 5.94. The van der Waals surface area contributed by atoms with Crippen LogP contribution in [0.15, 0.2) is 48.5 Å². The molecule has 1 aromatic heterocycles. The summed E-state index contributed by atoms with van der Waals surface area (Å²) in [6.45, 7) is 2.09. The monoisotopic (exact) mass is 387 g/mol. The van der Waals surface area contributed by atoms with Crippen molar-refractivity contribution in [3.05, 3.63) is 59.8 Å². The number of nitrogens with one attached hydrogen (secondary N) is 1. The third-order valence-corrected chi connectivity index (χ3v) is 6.45. The second-order valence-corrected chi connectivity index (χ2v) is 8.21. The van der Waals surface area contributed by atoms with Crippen LogP contribution in [0.4, 0.5) is 11.4 Å². The van der Waals surface area contributed by atoms with E-state index in [2.05, 4.69) is 52.7 Å². The molecule has 4 nitrogen and oxygen atoms in total. The Kier molecular flexibility index (Phi) is 5.01. The van der Waals surface area contributed by atoms with Gasteiger partial charge in [0.05, 0.1) is 12.6 Å². The molecule has 1 fully saturated rings. The van der Waals surface area contributed by atoms with Gasteiger partial charge in [-0.25, -0.2) is 0 Å². The zero-order chi connectivity index (χ0) is 19.6. The number of ether oxygens (including phenoxy) is 1. The highest BCUT2D eigenvalue weighted by Crippen LogP contribution is 2.35. The van der Waals surface area contributed by atoms with Crippen molar-refractivity contribution in [2.45, 2.75) is 44.6 Å². The van der Waals surface area contributed by atoms with E-state index in [1.165, 1.54) is 53.7 Å². The van der Waals surface area contributed by atoms with Gasteiger partial charge in [-0.05, 0) is 74.4 Å². The number of anilines is 2. The Morgan fingerprint density at radius 2 is 1.93 bits per heavy atom. The number of hydrogen-bond donors (Lipinski definition) is 1. The van der Waals surface area contributed by atoms with Crippen molar-refractivity contribution in [1.29, 1.82) is 0 Å². The molecule has 1 aliphatic carbocycles. The van der Waals surface area contributed by atoms with Crippen molar-refractivity contribution >= 4 is 22.3 Å². The lowest BCUT2D eigenvalue weighted by atomic mass is 9.92. The molecule has 29 heavy (non-hydrogen) atoms. The zero-order valence-corrected chi connectivity index (χ0v) is 17.2. The lowest BCUT2D eigenvalue weighted by molar-refractivity contribution is 0.415. The molecule has 4 heteroatoms. The van der Waals surface area contributed by atoms with E-state index in [0.29, 0.717) is 6.04 Å². The predicted molar refractivity (Wildman–Crippen MR) is 120 cm³/mol. The minimum absolute atomic E-state index is 0.519. The Bertz CT molecular complexity index is 1000. The largest absolute Gasteiger partial charge is 0.497 e. The van der Waals surface area contributed by atoms with Gasteiger partial charge in [0.25, 0.3) is 0 Å². The first-order valence-electron chi connectivity index (χ1n) is 10.9. The summed E-state index contributed by atoms with van der Waals surface area (Å²) in [7, 11) is 1.73. The van der Waals surface area contributed by atoms with E-state index in [-0.39, 0.29) is 0 Å². The molecule has 3 aromatic rings. The van der Waals surface area contributed by atoms with Gasteiger partial charge in [-0.3, -0.25) is 4.98 Å². The predicted octanol–water partition coefficient (Wildman–Crippen LogP) is 5.20. The maximum Gasteiger partial charge on any atom is 0.119 e. The van der Waals surface area contributed by atoms with Gasteiger partial charge < -0.3 is 15.0 Å². The van der Waals surface area contributed by atoms with Crippen LogP contribution in [0.2, 0.25) is 0 Å². The van der Waals surface area contributed by atoms with Gasteiger partial charge in [0.15, 0.2) is 0 Å². The molecule has 5 rings (SSSR count). The molecule has 1 N–H and O–H groups in total. The smallest absolute Gasteiger partial charge is 0.119 e. The van der Waals surface area contributed by atoms with Crippen LogP contribution < -0.4 is 15.0 Å². The average molecular weight is 388 g/mol. The van der Waals surface area contributed by atoms with Crippen LogP contribution in [0.25, 0.3) is 10.9 Å². The Morgan fingerprint density at radius 1 is 1.07 bits per heavy atom. The van der Waals surface area contributed by atoms with Crippen LogP contribution in [0, 0.1) is 0 Å². The van der Waals surface area contributed by atoms with Gasteiger partial charge in [-0.15, -0.1) is 0 Å². The van der Waals surface area contributed by atoms with Crippen LogP contribution in [0.1, 0.15) is 36.9 Å². The van der Waals surface area contributed by atoms with E-state index in [1.807, 2.05) is 6.07 Å². The molecule has 1 saturated heterocycles. The molecule has 1 aliphatic heterocycles. The van der Waals surface area contributed by atoms with Gasteiger partial charge in [-0.2, -0.15) is 0 Å². The standard InChI is InChI=1S/C25H29N3O/c1-29-20-13-14-24-22(16-20)25(21-11-5-6-12-23(21)27-24)26-17-19-10-7-15-28(19)18-8-3-2-4-9-18/h2-4,8-9,13-14,16,19H,5-7,10-12,15,17H2,1H3,(H,26,27). The summed E-state index contributed by atoms with van der Waals surface area (Å²) < 4.78 is 5.51. The van der Waals surface area contributed by atoms with Crippen LogP contribution in [-0.2, 0) is 12.8 Å². The maximum absolute atomic E-state index is 5.51. The number of fused-ring (bicyclic) bond motifs is 2. The molecular formula is C25H29N3O. The summed E-state index contributed by atoms with van der Waals surface area (Å²) in [6.07, 6.45) is 7.18. The molecule has 0 amide bonds. The summed E-state index contributed by atoms with van der Waals surface area (Å²) >= 11 is 0. The van der Waals surface area contributed by atoms with Gasteiger partial charge >= 0.3 is 0 Å². The molecular weight excluding hydrogens is 358 g/mol. The summed E-state index contributed by atoms with van der Waals surface area (Å²) in [5, 5.41) is 5.06. The Morgan fingerprint density at radius 3 is 2.79 bits per heavy atom. The third-order valence-electron chi connectivity index (χ3n) is 6.45. The fourth-order valence-corrected chi connectivity index (χ4v) is 4.96. The van der Waals surface area contributed by atoms with E-state index in [0.717, 1.165) is 37.2 Å². The van der Waals surface area contributed by atoms with E-state index >= 15 is 0 Å². The number of methoxy groups -OCH3 is 1. The third kappa shape index (κ3) is 3.52. The Hall–Kier alpha value is -2.75. The number of nitrogens with zero attached hydrogens (tertiary/aromatic N) is 2. The van der Waals surface area contributed by atoms with Gasteiger partial charge in [0.2, 0.25) is 0 Å². The lowest BCUT2D eigenvalue weighted by Gasteiger charge is -2.29. The van der Waals surface area contributed by atoms with E-state index < -0.39 is 0 Å². The van der Waals surface area contributed by atoms with E-state index in [1.54, 1.807) is 7.11 Å². The van der Waals surface area contributed by atoms with Gasteiger partial charge in [-0.1, -0.05) is 18.2 Å². The molecule has 2 heterocycles. The minimum Gasteiger partial charge on any atom is -0.497 e. The molecule has 2 aromatic carbocycles. The van der Waals surface area contributed by atoms with Crippen molar-refractivity contribution in [1.82, 2.24) is 4.98 Å². The minimum atomic E-state index is 0.519. The number of para-hydroxylation sites is 1. The fraction of sp³-hybridized carbons (Fsp3) is 0.400. The molecule has 0 bridgehead atoms. The number of aryl methyl sites for hydroxylation is 1. The number of rotatable bonds is 5. The fourth-order valence-electron chi connectivity index (χ4n) is 4.96. The first-order valence-corrected chi connectivity index (χ1v) is 10.9. The van der Waals surface area contributed by atoms with Crippen molar-refractivity contribution in [3.63, 3.8) is 0 Å². The Labute approximate surface area is 172 Å². The van der Waals surface area contributed by atoms with Crippen LogP contribution in [-0.4, -0.2) is 31.2 Å². The normalized spacial score (nSPS) is 18.7. The first-order chi connectivity index (χ1) is 14.3. The topological polar surface area (TPSA) is 37.4 Å². The number of benzene rings is 2. The molecule has 0 radical (unpaired) electrons. The van der Waals surface area contributed by atoms with Crippen molar-refractivity contribution in [2.75, 3.05) is 30.4 Å². The Balaban J connectivity index is 1.47. The molecule has 0 spiro atoms. The van der Waals surface area contributed by atoms with Crippen LogP contribution in [0.5, 0.6) is 5.75 Å². The van der Waals surface area contributed by atoms with Crippen molar-refractivity contribution in [2.24, 2.45) is 0 Å². The number of hydrogen-bond acceptors (Lipinski definition) is 4. The molecule has 1 unspecified atom stereocenters. The lowest BCUT2D eigenvalue weighted by Crippen LogP contribution is -2.35. The van der Waals surface area contributed by atoms with Gasteiger partial charge in [0.1, 0.15) is 5.75 Å². The van der Waals surface area contributed by atoms with Crippen LogP contribution in [0.3, 0.4) is 0 Å². The number of aromatic nitrogens is 1. The molecule has 2 aliphatic rings. The van der Waals surface area contributed by atoms with E-state index in [4.69, 9.17) is 9.72 Å². The molecule has 150 valence electrons. The summed E-state index contributed by atoms with van der Waals surface area (Å²) in [6, 6.07) is 17.6. The van der Waals surface area contributed by atoms with Gasteiger partial charge in [0, 0.05) is 41.6 Å². The SMILES string of the molecule is COc1ccc2nc3c(c(NCC4CCCN4c4ccccc4)c2c1)CCCC3. The number of pyridine rings is 1. The first kappa shape index (κ1) is 18.3. The average Bonchev–Trinajstić information content (AvgIpc) is 3.25. The molecule has 0 saturated carbocycles. The summed E-state index contributed by atoms with van der Waals surface area (Å²) in [4.78, 5) is 7.55. The second kappa shape index (κ2) is 7.94.